The SMILES string of the molecule is COc1c(C(C)(C)C)cc(OC(=O)/C=C/c2ccccc2)cc1C(C)(C)C. The van der Waals surface area contributed by atoms with Gasteiger partial charge in [-0.25, -0.2) is 4.79 Å². The zero-order valence-electron chi connectivity index (χ0n) is 17.4. The minimum atomic E-state index is -0.399. The molecule has 0 heterocycles. The smallest absolute Gasteiger partial charge is 0.336 e. The van der Waals surface area contributed by atoms with Crippen LogP contribution in [0.3, 0.4) is 0 Å². The van der Waals surface area contributed by atoms with Gasteiger partial charge in [-0.15, -0.1) is 0 Å². The molecule has 0 unspecified atom stereocenters. The van der Waals surface area contributed by atoms with Crippen LogP contribution < -0.4 is 9.47 Å². The molecule has 0 N–H and O–H groups in total. The molecule has 2 aromatic rings. The lowest BCUT2D eigenvalue weighted by Gasteiger charge is -2.29. The molecule has 0 aliphatic carbocycles. The molecule has 2 aromatic carbocycles. The predicted molar refractivity (Wildman–Crippen MR) is 112 cm³/mol. The van der Waals surface area contributed by atoms with Crippen LogP contribution in [-0.4, -0.2) is 13.1 Å². The van der Waals surface area contributed by atoms with Gasteiger partial charge in [-0.3, -0.25) is 0 Å². The van der Waals surface area contributed by atoms with Crippen LogP contribution in [0.2, 0.25) is 0 Å². The third-order valence-electron chi connectivity index (χ3n) is 4.31. The fraction of sp³-hybridized carbons (Fsp3) is 0.375. The summed E-state index contributed by atoms with van der Waals surface area (Å²) >= 11 is 0. The molecule has 0 saturated carbocycles. The van der Waals surface area contributed by atoms with Gasteiger partial charge in [-0.1, -0.05) is 71.9 Å². The van der Waals surface area contributed by atoms with Crippen molar-refractivity contribution in [3.63, 3.8) is 0 Å². The molecular formula is C24H30O3. The molecule has 0 aliphatic rings. The van der Waals surface area contributed by atoms with Crippen LogP contribution in [0, 0.1) is 0 Å². The molecule has 0 atom stereocenters. The van der Waals surface area contributed by atoms with Gasteiger partial charge in [-0.2, -0.15) is 0 Å². The number of methoxy groups -OCH3 is 1. The summed E-state index contributed by atoms with van der Waals surface area (Å²) in [6.45, 7) is 12.7. The monoisotopic (exact) mass is 366 g/mol. The second kappa shape index (κ2) is 7.99. The fourth-order valence-electron chi connectivity index (χ4n) is 2.87. The lowest BCUT2D eigenvalue weighted by atomic mass is 9.79. The molecule has 0 amide bonds. The van der Waals surface area contributed by atoms with E-state index < -0.39 is 5.97 Å². The molecule has 0 spiro atoms. The lowest BCUT2D eigenvalue weighted by Crippen LogP contribution is -2.19. The second-order valence-electron chi connectivity index (χ2n) is 8.72. The van der Waals surface area contributed by atoms with Crippen LogP contribution in [0.5, 0.6) is 11.5 Å². The average molecular weight is 367 g/mol. The predicted octanol–water partition coefficient (Wildman–Crippen LogP) is 5.91. The van der Waals surface area contributed by atoms with E-state index in [9.17, 15) is 4.79 Å². The van der Waals surface area contributed by atoms with E-state index in [2.05, 4.69) is 41.5 Å². The maximum absolute atomic E-state index is 12.3. The lowest BCUT2D eigenvalue weighted by molar-refractivity contribution is -0.128. The van der Waals surface area contributed by atoms with Gasteiger partial charge < -0.3 is 9.47 Å². The first-order chi connectivity index (χ1) is 12.5. The largest absolute Gasteiger partial charge is 0.496 e. The van der Waals surface area contributed by atoms with E-state index in [-0.39, 0.29) is 10.8 Å². The standard InChI is InChI=1S/C24H30O3/c1-23(2,3)19-15-18(16-20(22(19)26-7)24(4,5)6)27-21(25)14-13-17-11-9-8-10-12-17/h8-16H,1-7H3/b14-13+. The topological polar surface area (TPSA) is 35.5 Å². The third kappa shape index (κ3) is 5.46. The molecule has 2 rings (SSSR count). The first-order valence-electron chi connectivity index (χ1n) is 9.20. The molecule has 0 fully saturated rings. The quantitative estimate of drug-likeness (QED) is 0.383. The summed E-state index contributed by atoms with van der Waals surface area (Å²) in [5.74, 6) is 0.992. The Balaban J connectivity index is 2.39. The van der Waals surface area contributed by atoms with Crippen molar-refractivity contribution >= 4 is 12.0 Å². The summed E-state index contributed by atoms with van der Waals surface area (Å²) in [4.78, 5) is 12.3. The molecule has 3 heteroatoms. The summed E-state index contributed by atoms with van der Waals surface area (Å²) in [6, 6.07) is 13.5. The van der Waals surface area contributed by atoms with Crippen LogP contribution >= 0.6 is 0 Å². The molecule has 0 radical (unpaired) electrons. The molecule has 27 heavy (non-hydrogen) atoms. The summed E-state index contributed by atoms with van der Waals surface area (Å²) in [6.07, 6.45) is 3.20. The van der Waals surface area contributed by atoms with Crippen molar-refractivity contribution in [3.05, 3.63) is 65.2 Å². The first kappa shape index (κ1) is 20.8. The molecule has 144 valence electrons. The van der Waals surface area contributed by atoms with E-state index in [1.807, 2.05) is 42.5 Å². The Labute approximate surface area is 163 Å². The molecule has 3 nitrogen and oxygen atoms in total. The van der Waals surface area contributed by atoms with Gasteiger partial charge in [0.15, 0.2) is 0 Å². The van der Waals surface area contributed by atoms with Crippen molar-refractivity contribution in [2.24, 2.45) is 0 Å². The summed E-state index contributed by atoms with van der Waals surface area (Å²) < 4.78 is 11.4. The Bertz CT molecular complexity index is 784. The van der Waals surface area contributed by atoms with Crippen LogP contribution in [0.4, 0.5) is 0 Å². The zero-order valence-corrected chi connectivity index (χ0v) is 17.4. The van der Waals surface area contributed by atoms with E-state index in [0.717, 1.165) is 22.4 Å². The number of hydrogen-bond acceptors (Lipinski definition) is 3. The van der Waals surface area contributed by atoms with Crippen LogP contribution in [0.1, 0.15) is 58.2 Å². The average Bonchev–Trinajstić information content (AvgIpc) is 2.58. The van der Waals surface area contributed by atoms with Crippen molar-refractivity contribution in [3.8, 4) is 11.5 Å². The normalized spacial score (nSPS) is 12.3. The zero-order chi connectivity index (χ0) is 20.2. The third-order valence-corrected chi connectivity index (χ3v) is 4.31. The van der Waals surface area contributed by atoms with E-state index in [4.69, 9.17) is 9.47 Å². The van der Waals surface area contributed by atoms with Crippen molar-refractivity contribution in [1.82, 2.24) is 0 Å². The summed E-state index contributed by atoms with van der Waals surface area (Å²) in [5, 5.41) is 0. The number of carbonyl (C=O) groups is 1. The minimum Gasteiger partial charge on any atom is -0.496 e. The Morgan fingerprint density at radius 3 is 1.85 bits per heavy atom. The van der Waals surface area contributed by atoms with Crippen LogP contribution in [0.25, 0.3) is 6.08 Å². The molecule has 0 aromatic heterocycles. The van der Waals surface area contributed by atoms with Gasteiger partial charge in [0.2, 0.25) is 0 Å². The van der Waals surface area contributed by atoms with Gasteiger partial charge in [0.1, 0.15) is 11.5 Å². The van der Waals surface area contributed by atoms with Crippen molar-refractivity contribution in [2.75, 3.05) is 7.11 Å². The van der Waals surface area contributed by atoms with Crippen molar-refractivity contribution < 1.29 is 14.3 Å². The summed E-state index contributed by atoms with van der Waals surface area (Å²) in [5.41, 5.74) is 2.70. The first-order valence-corrected chi connectivity index (χ1v) is 9.20. The van der Waals surface area contributed by atoms with Gasteiger partial charge in [0.25, 0.3) is 0 Å². The highest BCUT2D eigenvalue weighted by molar-refractivity contribution is 5.88. The number of esters is 1. The van der Waals surface area contributed by atoms with Gasteiger partial charge in [0.05, 0.1) is 7.11 Å². The number of rotatable bonds is 4. The Morgan fingerprint density at radius 1 is 0.889 bits per heavy atom. The highest BCUT2D eigenvalue weighted by Gasteiger charge is 2.28. The minimum absolute atomic E-state index is 0.145. The maximum Gasteiger partial charge on any atom is 0.336 e. The van der Waals surface area contributed by atoms with E-state index in [1.165, 1.54) is 6.08 Å². The van der Waals surface area contributed by atoms with Crippen molar-refractivity contribution in [2.45, 2.75) is 52.4 Å². The van der Waals surface area contributed by atoms with Gasteiger partial charge in [-0.05, 0) is 34.6 Å². The molecular weight excluding hydrogens is 336 g/mol. The maximum atomic E-state index is 12.3. The molecule has 0 saturated heterocycles. The number of hydrogen-bond donors (Lipinski definition) is 0. The molecule has 0 bridgehead atoms. The highest BCUT2D eigenvalue weighted by atomic mass is 16.5. The van der Waals surface area contributed by atoms with E-state index in [0.29, 0.717) is 5.75 Å². The fourth-order valence-corrected chi connectivity index (χ4v) is 2.87. The van der Waals surface area contributed by atoms with E-state index >= 15 is 0 Å². The number of carbonyl (C=O) groups excluding carboxylic acids is 1. The second-order valence-corrected chi connectivity index (χ2v) is 8.72. The highest BCUT2D eigenvalue weighted by Crippen LogP contribution is 2.42. The Kier molecular flexibility index (Phi) is 6.15. The van der Waals surface area contributed by atoms with Crippen LogP contribution in [0.15, 0.2) is 48.5 Å². The number of ether oxygens (including phenoxy) is 2. The number of benzene rings is 2. The Morgan fingerprint density at radius 2 is 1.41 bits per heavy atom. The summed E-state index contributed by atoms with van der Waals surface area (Å²) in [7, 11) is 1.69. The van der Waals surface area contributed by atoms with Gasteiger partial charge >= 0.3 is 5.97 Å². The Hall–Kier alpha value is -2.55. The molecule has 0 aliphatic heterocycles. The van der Waals surface area contributed by atoms with Crippen molar-refractivity contribution in [1.29, 1.82) is 0 Å². The van der Waals surface area contributed by atoms with Crippen LogP contribution in [-0.2, 0) is 15.6 Å². The van der Waals surface area contributed by atoms with Gasteiger partial charge in [0, 0.05) is 17.2 Å². The van der Waals surface area contributed by atoms with E-state index in [1.54, 1.807) is 13.2 Å².